The number of rotatable bonds is 4. The third-order valence-electron chi connectivity index (χ3n) is 5.61. The van der Waals surface area contributed by atoms with Crippen molar-refractivity contribution in [3.63, 3.8) is 0 Å². The number of fused-ring (bicyclic) bond motifs is 1. The van der Waals surface area contributed by atoms with E-state index in [1.165, 1.54) is 13.2 Å². The summed E-state index contributed by atoms with van der Waals surface area (Å²) < 4.78 is 24.8. The molecule has 0 saturated heterocycles. The second-order valence-electron chi connectivity index (χ2n) is 7.38. The highest BCUT2D eigenvalue weighted by atomic mass is 19.1. The van der Waals surface area contributed by atoms with Crippen LogP contribution in [-0.2, 0) is 23.9 Å². The molecule has 1 fully saturated rings. The standard InChI is InChI=1S/C22H24FNO5/c1-5-29-22(27)17-12(3)24-15-10-11(2)16(21(26)28-4)20(25)19(15)18(17)13-8-6-7-9-14(13)23/h6-9,11,16,18-19H,5,10H2,1-4H3/t11-,16+,18-,19+/m1/s1. The molecular weight excluding hydrogens is 377 g/mol. The van der Waals surface area contributed by atoms with Crippen LogP contribution in [0.4, 0.5) is 4.39 Å². The number of ketones is 1. The number of allylic oxidation sites excluding steroid dienone is 1. The average Bonchev–Trinajstić information content (AvgIpc) is 2.67. The summed E-state index contributed by atoms with van der Waals surface area (Å²) in [6, 6.07) is 6.02. The van der Waals surface area contributed by atoms with Gasteiger partial charge in [0.25, 0.3) is 0 Å². The largest absolute Gasteiger partial charge is 0.468 e. The Kier molecular flexibility index (Phi) is 5.96. The first-order valence-corrected chi connectivity index (χ1v) is 9.63. The first kappa shape index (κ1) is 20.9. The number of nitrogens with zero attached hydrogens (tertiary/aromatic N) is 1. The highest BCUT2D eigenvalue weighted by molar-refractivity contribution is 6.17. The van der Waals surface area contributed by atoms with Crippen LogP contribution in [0, 0.1) is 23.6 Å². The van der Waals surface area contributed by atoms with Crippen LogP contribution >= 0.6 is 0 Å². The molecular formula is C22H24FNO5. The molecule has 0 N–H and O–H groups in total. The van der Waals surface area contributed by atoms with Gasteiger partial charge in [0.15, 0.2) is 5.78 Å². The smallest absolute Gasteiger partial charge is 0.336 e. The summed E-state index contributed by atoms with van der Waals surface area (Å²) in [7, 11) is 1.23. The monoisotopic (exact) mass is 401 g/mol. The minimum Gasteiger partial charge on any atom is -0.468 e. The molecule has 1 heterocycles. The van der Waals surface area contributed by atoms with Crippen molar-refractivity contribution in [2.75, 3.05) is 13.7 Å². The number of esters is 2. The fraction of sp³-hybridized carbons (Fsp3) is 0.455. The summed E-state index contributed by atoms with van der Waals surface area (Å²) >= 11 is 0. The van der Waals surface area contributed by atoms with Crippen molar-refractivity contribution in [1.82, 2.24) is 0 Å². The average molecular weight is 401 g/mol. The van der Waals surface area contributed by atoms with Gasteiger partial charge in [-0.25, -0.2) is 9.18 Å². The number of carbonyl (C=O) groups is 3. The molecule has 4 atom stereocenters. The maximum absolute atomic E-state index is 14.8. The van der Waals surface area contributed by atoms with E-state index in [9.17, 15) is 18.8 Å². The second-order valence-corrected chi connectivity index (χ2v) is 7.38. The normalized spacial score (nSPS) is 26.5. The molecule has 1 saturated carbocycles. The Bertz CT molecular complexity index is 920. The van der Waals surface area contributed by atoms with Crippen molar-refractivity contribution in [3.05, 3.63) is 46.9 Å². The van der Waals surface area contributed by atoms with Crippen molar-refractivity contribution in [2.24, 2.45) is 22.7 Å². The number of aliphatic imine (C=N–C) groups is 1. The number of benzene rings is 1. The molecule has 29 heavy (non-hydrogen) atoms. The maximum atomic E-state index is 14.8. The number of halogens is 1. The van der Waals surface area contributed by atoms with Crippen LogP contribution in [0.2, 0.25) is 0 Å². The Morgan fingerprint density at radius 3 is 2.55 bits per heavy atom. The van der Waals surface area contributed by atoms with Crippen LogP contribution in [0.3, 0.4) is 0 Å². The van der Waals surface area contributed by atoms with E-state index < -0.39 is 41.3 Å². The van der Waals surface area contributed by atoms with Crippen molar-refractivity contribution in [3.8, 4) is 0 Å². The van der Waals surface area contributed by atoms with Gasteiger partial charge in [0.2, 0.25) is 0 Å². The molecule has 154 valence electrons. The molecule has 1 aliphatic carbocycles. The zero-order chi connectivity index (χ0) is 21.3. The lowest BCUT2D eigenvalue weighted by atomic mass is 9.63. The van der Waals surface area contributed by atoms with Gasteiger partial charge in [0.05, 0.1) is 25.2 Å². The summed E-state index contributed by atoms with van der Waals surface area (Å²) in [5.41, 5.74) is 1.32. The first-order chi connectivity index (χ1) is 13.8. The van der Waals surface area contributed by atoms with E-state index >= 15 is 0 Å². The molecule has 6 nitrogen and oxygen atoms in total. The fourth-order valence-electron chi connectivity index (χ4n) is 4.37. The molecule has 1 aliphatic heterocycles. The molecule has 3 rings (SSSR count). The summed E-state index contributed by atoms with van der Waals surface area (Å²) in [4.78, 5) is 43.0. The van der Waals surface area contributed by atoms with E-state index in [-0.39, 0.29) is 23.7 Å². The minimum atomic E-state index is -0.986. The molecule has 0 radical (unpaired) electrons. The third kappa shape index (κ3) is 3.61. The zero-order valence-corrected chi connectivity index (χ0v) is 16.9. The Balaban J connectivity index is 2.20. The van der Waals surface area contributed by atoms with Gasteiger partial charge < -0.3 is 9.47 Å². The van der Waals surface area contributed by atoms with Gasteiger partial charge in [-0.3, -0.25) is 14.6 Å². The molecule has 0 unspecified atom stereocenters. The second kappa shape index (κ2) is 8.27. The van der Waals surface area contributed by atoms with E-state index in [1.807, 2.05) is 0 Å². The van der Waals surface area contributed by atoms with Crippen LogP contribution in [0.5, 0.6) is 0 Å². The van der Waals surface area contributed by atoms with Crippen molar-refractivity contribution < 1.29 is 28.2 Å². The summed E-state index contributed by atoms with van der Waals surface area (Å²) in [6.45, 7) is 5.25. The highest BCUT2D eigenvalue weighted by Crippen LogP contribution is 2.46. The molecule has 0 spiro atoms. The predicted molar refractivity (Wildman–Crippen MR) is 104 cm³/mol. The van der Waals surface area contributed by atoms with Gasteiger partial charge in [-0.2, -0.15) is 0 Å². The molecule has 1 aromatic carbocycles. The zero-order valence-electron chi connectivity index (χ0n) is 16.9. The fourth-order valence-corrected chi connectivity index (χ4v) is 4.37. The van der Waals surface area contributed by atoms with E-state index in [2.05, 4.69) is 4.99 Å². The van der Waals surface area contributed by atoms with Gasteiger partial charge in [0, 0.05) is 17.3 Å². The van der Waals surface area contributed by atoms with Crippen LogP contribution in [0.15, 0.2) is 40.5 Å². The third-order valence-corrected chi connectivity index (χ3v) is 5.61. The predicted octanol–water partition coefficient (Wildman–Crippen LogP) is 3.22. The molecule has 2 aliphatic rings. The van der Waals surface area contributed by atoms with Crippen molar-refractivity contribution in [2.45, 2.75) is 33.1 Å². The van der Waals surface area contributed by atoms with Crippen molar-refractivity contribution in [1.29, 1.82) is 0 Å². The van der Waals surface area contributed by atoms with Gasteiger partial charge in [-0.1, -0.05) is 25.1 Å². The van der Waals surface area contributed by atoms with Gasteiger partial charge in [-0.05, 0) is 37.8 Å². The Morgan fingerprint density at radius 2 is 1.93 bits per heavy atom. The number of Topliss-reactive ketones (excluding diaryl/α,β-unsaturated/α-hetero) is 1. The van der Waals surface area contributed by atoms with Crippen molar-refractivity contribution >= 4 is 23.4 Å². The molecule has 0 bridgehead atoms. The molecule has 0 amide bonds. The van der Waals surface area contributed by atoms with E-state index in [1.54, 1.807) is 39.0 Å². The Morgan fingerprint density at radius 1 is 1.24 bits per heavy atom. The number of hydrogen-bond donors (Lipinski definition) is 0. The maximum Gasteiger partial charge on any atom is 0.336 e. The molecule has 7 heteroatoms. The summed E-state index contributed by atoms with van der Waals surface area (Å²) in [5, 5.41) is 0. The molecule has 0 aromatic heterocycles. The van der Waals surface area contributed by atoms with Gasteiger partial charge in [0.1, 0.15) is 11.7 Å². The summed E-state index contributed by atoms with van der Waals surface area (Å²) in [6.07, 6.45) is 0.384. The number of methoxy groups -OCH3 is 1. The number of hydrogen-bond acceptors (Lipinski definition) is 6. The SMILES string of the molecule is CCOC(=O)C1=C(C)N=C2C[C@@H](C)[C@H](C(=O)OC)C(=O)[C@@H]2[C@@H]1c1ccccc1F. The first-order valence-electron chi connectivity index (χ1n) is 9.63. The van der Waals surface area contributed by atoms with Gasteiger partial charge in [-0.15, -0.1) is 0 Å². The van der Waals surface area contributed by atoms with Crippen LogP contribution < -0.4 is 0 Å². The lowest BCUT2D eigenvalue weighted by Crippen LogP contribution is -2.48. The highest BCUT2D eigenvalue weighted by Gasteiger charge is 2.51. The lowest BCUT2D eigenvalue weighted by Gasteiger charge is -2.40. The Hall–Kier alpha value is -2.83. The van der Waals surface area contributed by atoms with E-state index in [0.29, 0.717) is 17.8 Å². The van der Waals surface area contributed by atoms with E-state index in [4.69, 9.17) is 9.47 Å². The topological polar surface area (TPSA) is 82.0 Å². The summed E-state index contributed by atoms with van der Waals surface area (Å²) in [5.74, 6) is -5.32. The van der Waals surface area contributed by atoms with Gasteiger partial charge >= 0.3 is 11.9 Å². The van der Waals surface area contributed by atoms with Crippen LogP contribution in [0.25, 0.3) is 0 Å². The van der Waals surface area contributed by atoms with E-state index in [0.717, 1.165) is 0 Å². The lowest BCUT2D eigenvalue weighted by molar-refractivity contribution is -0.152. The quantitative estimate of drug-likeness (QED) is 0.572. The number of carbonyl (C=O) groups excluding carboxylic acids is 3. The van der Waals surface area contributed by atoms with Crippen LogP contribution in [0.1, 0.15) is 38.7 Å². The van der Waals surface area contributed by atoms with Crippen LogP contribution in [-0.4, -0.2) is 37.2 Å². The molecule has 1 aromatic rings. The number of ether oxygens (including phenoxy) is 2. The Labute approximate surface area is 168 Å². The minimum absolute atomic E-state index is 0.136.